The highest BCUT2D eigenvalue weighted by Gasteiger charge is 2.34. The van der Waals surface area contributed by atoms with Crippen LogP contribution in [0.3, 0.4) is 0 Å². The molecule has 6 nitrogen and oxygen atoms in total. The number of thiazole rings is 1. The second-order valence-electron chi connectivity index (χ2n) is 5.91. The quantitative estimate of drug-likeness (QED) is 0.731. The van der Waals surface area contributed by atoms with Gasteiger partial charge >= 0.3 is 0 Å². The Morgan fingerprint density at radius 3 is 2.92 bits per heavy atom. The van der Waals surface area contributed by atoms with E-state index in [1.54, 1.807) is 27.0 Å². The number of ether oxygens (including phenoxy) is 1. The third-order valence-corrected chi connectivity index (χ3v) is 5.10. The molecule has 1 aliphatic heterocycles. The molecular formula is C17H18N4O2S. The smallest absolute Gasteiger partial charge is 0.274 e. The van der Waals surface area contributed by atoms with Gasteiger partial charge < -0.3 is 9.64 Å². The molecule has 24 heavy (non-hydrogen) atoms. The SMILES string of the molecule is CCn1ccc(C(=O)N2CC(Oc3nc4c(C)cccc4s3)C2)n1. The molecule has 1 saturated heterocycles. The molecule has 0 radical (unpaired) electrons. The fraction of sp³-hybridized carbons (Fsp3) is 0.353. The van der Waals surface area contributed by atoms with E-state index < -0.39 is 0 Å². The van der Waals surface area contributed by atoms with E-state index in [1.165, 1.54) is 0 Å². The maximum absolute atomic E-state index is 12.3. The summed E-state index contributed by atoms with van der Waals surface area (Å²) in [5.74, 6) is -0.0396. The van der Waals surface area contributed by atoms with Crippen LogP contribution < -0.4 is 4.74 Å². The van der Waals surface area contributed by atoms with Crippen molar-refractivity contribution < 1.29 is 9.53 Å². The zero-order valence-corrected chi connectivity index (χ0v) is 14.4. The molecule has 0 bridgehead atoms. The standard InChI is InChI=1S/C17H18N4O2S/c1-3-21-8-7-13(19-21)16(22)20-9-12(10-20)23-17-18-15-11(2)5-4-6-14(15)24-17/h4-8,12H,3,9-10H2,1-2H3. The van der Waals surface area contributed by atoms with Gasteiger partial charge in [-0.05, 0) is 31.5 Å². The second-order valence-corrected chi connectivity index (χ2v) is 6.90. The Hall–Kier alpha value is -2.41. The predicted molar refractivity (Wildman–Crippen MR) is 92.6 cm³/mol. The zero-order valence-electron chi connectivity index (χ0n) is 13.6. The van der Waals surface area contributed by atoms with Crippen LogP contribution in [-0.4, -0.2) is 44.8 Å². The summed E-state index contributed by atoms with van der Waals surface area (Å²) in [6.45, 7) is 5.95. The van der Waals surface area contributed by atoms with E-state index in [9.17, 15) is 4.79 Å². The Balaban J connectivity index is 1.38. The third-order valence-electron chi connectivity index (χ3n) is 4.19. The van der Waals surface area contributed by atoms with Gasteiger partial charge in [0.2, 0.25) is 0 Å². The van der Waals surface area contributed by atoms with Crippen molar-refractivity contribution in [3.8, 4) is 5.19 Å². The highest BCUT2D eigenvalue weighted by Crippen LogP contribution is 2.31. The molecule has 2 aromatic heterocycles. The summed E-state index contributed by atoms with van der Waals surface area (Å²) in [6.07, 6.45) is 1.83. The number of rotatable bonds is 4. The molecule has 0 saturated carbocycles. The number of benzene rings is 1. The lowest BCUT2D eigenvalue weighted by Crippen LogP contribution is -2.56. The van der Waals surface area contributed by atoms with Gasteiger partial charge in [0, 0.05) is 12.7 Å². The molecule has 0 atom stereocenters. The van der Waals surface area contributed by atoms with Gasteiger partial charge in [0.05, 0.1) is 23.3 Å². The molecule has 4 rings (SSSR count). The average Bonchev–Trinajstić information content (AvgIpc) is 3.17. The fourth-order valence-electron chi connectivity index (χ4n) is 2.75. The molecule has 0 aliphatic carbocycles. The number of fused-ring (bicyclic) bond motifs is 1. The van der Waals surface area contributed by atoms with Crippen LogP contribution >= 0.6 is 11.3 Å². The summed E-state index contributed by atoms with van der Waals surface area (Å²) in [7, 11) is 0. The summed E-state index contributed by atoms with van der Waals surface area (Å²) in [5, 5.41) is 4.93. The molecule has 1 fully saturated rings. The van der Waals surface area contributed by atoms with E-state index in [0.29, 0.717) is 24.0 Å². The maximum atomic E-state index is 12.3. The molecule has 3 heterocycles. The number of aryl methyl sites for hydroxylation is 2. The first-order chi connectivity index (χ1) is 11.6. The summed E-state index contributed by atoms with van der Waals surface area (Å²) >= 11 is 1.55. The van der Waals surface area contributed by atoms with Crippen molar-refractivity contribution in [2.45, 2.75) is 26.5 Å². The molecule has 0 N–H and O–H groups in total. The van der Waals surface area contributed by atoms with Crippen LogP contribution in [0.25, 0.3) is 10.2 Å². The van der Waals surface area contributed by atoms with Crippen LogP contribution in [0, 0.1) is 6.92 Å². The minimum Gasteiger partial charge on any atom is -0.463 e. The third kappa shape index (κ3) is 2.65. The summed E-state index contributed by atoms with van der Waals surface area (Å²) in [4.78, 5) is 18.6. The number of para-hydroxylation sites is 1. The van der Waals surface area contributed by atoms with E-state index in [4.69, 9.17) is 4.74 Å². The predicted octanol–water partition coefficient (Wildman–Crippen LogP) is 2.72. The van der Waals surface area contributed by atoms with Crippen molar-refractivity contribution >= 4 is 27.5 Å². The lowest BCUT2D eigenvalue weighted by Gasteiger charge is -2.37. The monoisotopic (exact) mass is 342 g/mol. The van der Waals surface area contributed by atoms with E-state index in [1.807, 2.05) is 38.2 Å². The minimum atomic E-state index is -0.0396. The number of hydrogen-bond donors (Lipinski definition) is 0. The zero-order chi connectivity index (χ0) is 16.7. The molecule has 0 unspecified atom stereocenters. The highest BCUT2D eigenvalue weighted by molar-refractivity contribution is 7.20. The minimum absolute atomic E-state index is 0.00285. The van der Waals surface area contributed by atoms with Crippen LogP contribution in [0.5, 0.6) is 5.19 Å². The van der Waals surface area contributed by atoms with Crippen LogP contribution in [0.2, 0.25) is 0 Å². The number of amides is 1. The molecule has 124 valence electrons. The lowest BCUT2D eigenvalue weighted by molar-refractivity contribution is 0.0173. The van der Waals surface area contributed by atoms with E-state index in [2.05, 4.69) is 10.1 Å². The van der Waals surface area contributed by atoms with Gasteiger partial charge in [-0.15, -0.1) is 0 Å². The van der Waals surface area contributed by atoms with Gasteiger partial charge in [0.15, 0.2) is 0 Å². The first-order valence-corrected chi connectivity index (χ1v) is 8.81. The van der Waals surface area contributed by atoms with Gasteiger partial charge in [0.1, 0.15) is 11.8 Å². The maximum Gasteiger partial charge on any atom is 0.274 e. The van der Waals surface area contributed by atoms with Crippen molar-refractivity contribution in [1.29, 1.82) is 0 Å². The number of hydrogen-bond acceptors (Lipinski definition) is 5. The van der Waals surface area contributed by atoms with Gasteiger partial charge in [-0.2, -0.15) is 5.10 Å². The lowest BCUT2D eigenvalue weighted by atomic mass is 10.1. The molecular weight excluding hydrogens is 324 g/mol. The number of nitrogens with zero attached hydrogens (tertiary/aromatic N) is 4. The van der Waals surface area contributed by atoms with E-state index >= 15 is 0 Å². The van der Waals surface area contributed by atoms with Crippen LogP contribution in [0.1, 0.15) is 23.0 Å². The van der Waals surface area contributed by atoms with Gasteiger partial charge in [-0.25, -0.2) is 4.98 Å². The number of likely N-dealkylation sites (tertiary alicyclic amines) is 1. The van der Waals surface area contributed by atoms with E-state index in [-0.39, 0.29) is 12.0 Å². The average molecular weight is 342 g/mol. The van der Waals surface area contributed by atoms with Gasteiger partial charge in [0.25, 0.3) is 11.1 Å². The van der Waals surface area contributed by atoms with Gasteiger partial charge in [-0.1, -0.05) is 23.5 Å². The Morgan fingerprint density at radius 2 is 2.21 bits per heavy atom. The summed E-state index contributed by atoms with van der Waals surface area (Å²) in [6, 6.07) is 7.88. The van der Waals surface area contributed by atoms with Crippen molar-refractivity contribution in [3.63, 3.8) is 0 Å². The molecule has 1 aromatic carbocycles. The molecule has 7 heteroatoms. The first kappa shape index (κ1) is 15.1. The van der Waals surface area contributed by atoms with Crippen molar-refractivity contribution in [1.82, 2.24) is 19.7 Å². The van der Waals surface area contributed by atoms with Crippen LogP contribution in [-0.2, 0) is 6.54 Å². The van der Waals surface area contributed by atoms with Crippen LogP contribution in [0.4, 0.5) is 0 Å². The normalized spacial score (nSPS) is 14.8. The topological polar surface area (TPSA) is 60.2 Å². The highest BCUT2D eigenvalue weighted by atomic mass is 32.1. The number of carbonyl (C=O) groups excluding carboxylic acids is 1. The van der Waals surface area contributed by atoms with Crippen LogP contribution in [0.15, 0.2) is 30.5 Å². The Bertz CT molecular complexity index is 895. The van der Waals surface area contributed by atoms with Crippen molar-refractivity contribution in [3.05, 3.63) is 41.7 Å². The van der Waals surface area contributed by atoms with Gasteiger partial charge in [-0.3, -0.25) is 9.48 Å². The molecule has 1 aliphatic rings. The van der Waals surface area contributed by atoms with E-state index in [0.717, 1.165) is 22.3 Å². The number of aromatic nitrogens is 3. The largest absolute Gasteiger partial charge is 0.463 e. The molecule has 3 aromatic rings. The summed E-state index contributed by atoms with van der Waals surface area (Å²) in [5.41, 5.74) is 2.64. The first-order valence-electron chi connectivity index (χ1n) is 7.99. The Kier molecular flexibility index (Phi) is 3.72. The molecule has 0 spiro atoms. The summed E-state index contributed by atoms with van der Waals surface area (Å²) < 4.78 is 8.80. The number of carbonyl (C=O) groups is 1. The molecule has 1 amide bonds. The van der Waals surface area contributed by atoms with Crippen molar-refractivity contribution in [2.75, 3.05) is 13.1 Å². The fourth-order valence-corrected chi connectivity index (χ4v) is 3.71. The Morgan fingerprint density at radius 1 is 1.38 bits per heavy atom. The Labute approximate surface area is 143 Å². The second kappa shape index (κ2) is 5.90. The van der Waals surface area contributed by atoms with Crippen molar-refractivity contribution in [2.24, 2.45) is 0 Å².